The minimum atomic E-state index is 0.0460. The van der Waals surface area contributed by atoms with Gasteiger partial charge in [-0.15, -0.1) is 0 Å². The SMILES string of the molecule is C1=CC2Oc3c(-c4ccc(N(c5ccc(-c6ccccc6)cc5)c5ccc(-c6c(-n7c8ccccc8c8ccccc87)ccc7ccccc67)cc5)cc4)cccc3C2C=C1. The highest BCUT2D eigenvalue weighted by Crippen LogP contribution is 2.47. The van der Waals surface area contributed by atoms with E-state index < -0.39 is 0 Å². The van der Waals surface area contributed by atoms with E-state index >= 15 is 0 Å². The topological polar surface area (TPSA) is 17.4 Å². The number of hydrogen-bond acceptors (Lipinski definition) is 2. The van der Waals surface area contributed by atoms with E-state index in [2.05, 4.69) is 240 Å². The highest BCUT2D eigenvalue weighted by molar-refractivity contribution is 6.11. The van der Waals surface area contributed by atoms with Crippen LogP contribution in [0.1, 0.15) is 11.5 Å². The molecule has 2 heterocycles. The first kappa shape index (κ1) is 35.1. The third-order valence-corrected chi connectivity index (χ3v) is 12.6. The Morgan fingerprint density at radius 3 is 1.66 bits per heavy atom. The molecule has 3 heteroatoms. The second-order valence-electron chi connectivity index (χ2n) is 16.0. The minimum Gasteiger partial charge on any atom is -0.484 e. The number of hydrogen-bond donors (Lipinski definition) is 0. The molecule has 0 radical (unpaired) electrons. The molecule has 0 amide bonds. The van der Waals surface area contributed by atoms with Gasteiger partial charge in [-0.25, -0.2) is 0 Å². The van der Waals surface area contributed by atoms with Crippen molar-refractivity contribution in [2.45, 2.75) is 12.0 Å². The first-order valence-electron chi connectivity index (χ1n) is 21.1. The second-order valence-corrected chi connectivity index (χ2v) is 16.0. The van der Waals surface area contributed by atoms with Gasteiger partial charge in [0.1, 0.15) is 11.9 Å². The Bertz CT molecular complexity index is 3270. The summed E-state index contributed by atoms with van der Waals surface area (Å²) in [5.41, 5.74) is 15.1. The van der Waals surface area contributed by atoms with Gasteiger partial charge in [-0.1, -0.05) is 170 Å². The lowest BCUT2D eigenvalue weighted by atomic mass is 9.90. The highest BCUT2D eigenvalue weighted by Gasteiger charge is 2.33. The van der Waals surface area contributed by atoms with Crippen LogP contribution in [0.25, 0.3) is 71.6 Å². The second kappa shape index (κ2) is 14.4. The largest absolute Gasteiger partial charge is 0.484 e. The summed E-state index contributed by atoms with van der Waals surface area (Å²) in [5.74, 6) is 1.24. The molecule has 0 bridgehead atoms. The lowest BCUT2D eigenvalue weighted by Crippen LogP contribution is -2.15. The number of aromatic nitrogens is 1. The van der Waals surface area contributed by atoms with Crippen molar-refractivity contribution in [2.24, 2.45) is 0 Å². The van der Waals surface area contributed by atoms with Gasteiger partial charge in [0, 0.05) is 50.4 Å². The van der Waals surface area contributed by atoms with Crippen molar-refractivity contribution in [3.63, 3.8) is 0 Å². The fourth-order valence-electron chi connectivity index (χ4n) is 9.67. The molecule has 0 saturated carbocycles. The maximum atomic E-state index is 6.56. The molecule has 1 aromatic heterocycles. The number of benzene rings is 9. The predicted molar refractivity (Wildman–Crippen MR) is 255 cm³/mol. The zero-order valence-corrected chi connectivity index (χ0v) is 33.4. The van der Waals surface area contributed by atoms with Gasteiger partial charge in [-0.05, 0) is 93.7 Å². The van der Waals surface area contributed by atoms with Crippen molar-refractivity contribution in [1.29, 1.82) is 0 Å². The van der Waals surface area contributed by atoms with Gasteiger partial charge in [-0.2, -0.15) is 0 Å². The lowest BCUT2D eigenvalue weighted by Gasteiger charge is -2.26. The average molecular weight is 781 g/mol. The van der Waals surface area contributed by atoms with E-state index in [1.165, 1.54) is 54.8 Å². The van der Waals surface area contributed by atoms with Gasteiger partial charge in [-0.3, -0.25) is 0 Å². The number of allylic oxidation sites excluding steroid dienone is 2. The molecular formula is C58H40N2O. The number of nitrogens with zero attached hydrogens (tertiary/aromatic N) is 2. The van der Waals surface area contributed by atoms with Crippen LogP contribution in [0.3, 0.4) is 0 Å². The van der Waals surface area contributed by atoms with Crippen LogP contribution in [-0.4, -0.2) is 10.7 Å². The van der Waals surface area contributed by atoms with Crippen LogP contribution < -0.4 is 9.64 Å². The van der Waals surface area contributed by atoms with Crippen molar-refractivity contribution in [1.82, 2.24) is 4.57 Å². The van der Waals surface area contributed by atoms with Crippen molar-refractivity contribution in [2.75, 3.05) is 4.90 Å². The predicted octanol–water partition coefficient (Wildman–Crippen LogP) is 15.4. The quantitative estimate of drug-likeness (QED) is 0.160. The van der Waals surface area contributed by atoms with Crippen molar-refractivity contribution < 1.29 is 4.74 Å². The Morgan fingerprint density at radius 2 is 0.967 bits per heavy atom. The van der Waals surface area contributed by atoms with E-state index in [0.717, 1.165) is 45.2 Å². The fourth-order valence-corrected chi connectivity index (χ4v) is 9.67. The summed E-state index contributed by atoms with van der Waals surface area (Å²) < 4.78 is 9.00. The smallest absolute Gasteiger partial charge is 0.132 e. The van der Waals surface area contributed by atoms with Crippen LogP contribution in [0.5, 0.6) is 5.75 Å². The van der Waals surface area contributed by atoms with Gasteiger partial charge < -0.3 is 14.2 Å². The van der Waals surface area contributed by atoms with Gasteiger partial charge in [0.25, 0.3) is 0 Å². The van der Waals surface area contributed by atoms with Gasteiger partial charge in [0.15, 0.2) is 0 Å². The number of fused-ring (bicyclic) bond motifs is 7. The molecule has 3 nitrogen and oxygen atoms in total. The Labute approximate surface area is 355 Å². The molecule has 0 spiro atoms. The normalized spacial score (nSPS) is 15.2. The van der Waals surface area contributed by atoms with E-state index in [9.17, 15) is 0 Å². The molecule has 2 aliphatic rings. The molecule has 1 aliphatic heterocycles. The molecular weight excluding hydrogens is 741 g/mol. The van der Waals surface area contributed by atoms with Gasteiger partial charge in [0.05, 0.1) is 16.7 Å². The molecule has 0 N–H and O–H groups in total. The Hall–Kier alpha value is -7.88. The minimum absolute atomic E-state index is 0.0460. The zero-order valence-electron chi connectivity index (χ0n) is 33.4. The first-order valence-corrected chi connectivity index (χ1v) is 21.1. The number of anilines is 3. The van der Waals surface area contributed by atoms with Crippen LogP contribution in [0.2, 0.25) is 0 Å². The van der Waals surface area contributed by atoms with Crippen molar-refractivity contribution >= 4 is 49.6 Å². The third-order valence-electron chi connectivity index (χ3n) is 12.6. The van der Waals surface area contributed by atoms with Crippen molar-refractivity contribution in [3.8, 4) is 44.8 Å². The summed E-state index contributed by atoms with van der Waals surface area (Å²) in [5, 5.41) is 4.95. The van der Waals surface area contributed by atoms with E-state index in [1.54, 1.807) is 0 Å². The number of rotatable bonds is 7. The van der Waals surface area contributed by atoms with Crippen LogP contribution >= 0.6 is 0 Å². The molecule has 61 heavy (non-hydrogen) atoms. The summed E-state index contributed by atoms with van der Waals surface area (Å²) >= 11 is 0. The monoisotopic (exact) mass is 780 g/mol. The summed E-state index contributed by atoms with van der Waals surface area (Å²) in [6.07, 6.45) is 8.67. The molecule has 9 aromatic carbocycles. The average Bonchev–Trinajstić information content (AvgIpc) is 3.88. The van der Waals surface area contributed by atoms with Crippen LogP contribution in [0, 0.1) is 0 Å². The standard InChI is InChI=1S/C58H40N2O/c1-2-13-39(14-3-1)40-25-32-44(33-26-40)59(45-34-27-42(28-35-45)48-20-12-21-52-51-19-8-11-24-56(51)61-58(48)52)46-36-29-43(30-37-46)57-47-16-5-4-15-41(47)31-38-55(57)60-53-22-9-6-17-49(53)50-18-7-10-23-54(50)60/h1-38,51,56H. The van der Waals surface area contributed by atoms with E-state index in [4.69, 9.17) is 4.74 Å². The Morgan fingerprint density at radius 1 is 0.410 bits per heavy atom. The van der Waals surface area contributed by atoms with E-state index in [1.807, 2.05) is 0 Å². The molecule has 10 aromatic rings. The molecule has 2 atom stereocenters. The molecule has 2 unspecified atom stereocenters. The number of para-hydroxylation sites is 3. The van der Waals surface area contributed by atoms with Crippen LogP contribution in [0.15, 0.2) is 231 Å². The molecule has 1 aliphatic carbocycles. The van der Waals surface area contributed by atoms with E-state index in [-0.39, 0.29) is 12.0 Å². The van der Waals surface area contributed by atoms with Crippen LogP contribution in [0.4, 0.5) is 17.1 Å². The Kier molecular flexibility index (Phi) is 8.31. The van der Waals surface area contributed by atoms with Crippen LogP contribution in [-0.2, 0) is 0 Å². The zero-order chi connectivity index (χ0) is 40.3. The maximum Gasteiger partial charge on any atom is 0.132 e. The molecule has 12 rings (SSSR count). The third kappa shape index (κ3) is 5.89. The molecule has 288 valence electrons. The van der Waals surface area contributed by atoms with Gasteiger partial charge >= 0.3 is 0 Å². The first-order chi connectivity index (χ1) is 30.3. The molecule has 0 fully saturated rings. The summed E-state index contributed by atoms with van der Waals surface area (Å²) in [6.45, 7) is 0. The fraction of sp³-hybridized carbons (Fsp3) is 0.0345. The van der Waals surface area contributed by atoms with E-state index in [0.29, 0.717) is 0 Å². The maximum absolute atomic E-state index is 6.56. The van der Waals surface area contributed by atoms with Crippen molar-refractivity contribution in [3.05, 3.63) is 236 Å². The highest BCUT2D eigenvalue weighted by atomic mass is 16.5. The summed E-state index contributed by atoms with van der Waals surface area (Å²) in [6, 6.07) is 74.9. The number of ether oxygens (including phenoxy) is 1. The summed E-state index contributed by atoms with van der Waals surface area (Å²) in [7, 11) is 0. The molecule has 0 saturated heterocycles. The lowest BCUT2D eigenvalue weighted by molar-refractivity contribution is 0.270. The Balaban J connectivity index is 0.978. The summed E-state index contributed by atoms with van der Waals surface area (Å²) in [4.78, 5) is 2.36. The van der Waals surface area contributed by atoms with Gasteiger partial charge in [0.2, 0.25) is 0 Å².